The van der Waals surface area contributed by atoms with E-state index in [1.165, 1.54) is 37.7 Å². The molecule has 2 nitrogen and oxygen atoms in total. The molecule has 102 valence electrons. The van der Waals surface area contributed by atoms with E-state index in [2.05, 4.69) is 35.2 Å². The largest absolute Gasteiger partial charge is 0.336 e. The van der Waals surface area contributed by atoms with Crippen molar-refractivity contribution in [1.29, 1.82) is 0 Å². The maximum absolute atomic E-state index is 11.9. The molecule has 0 bridgehead atoms. The molecule has 1 aliphatic carbocycles. The molecule has 1 atom stereocenters. The number of aryl methyl sites for hydroxylation is 1. The fourth-order valence-electron chi connectivity index (χ4n) is 3.58. The molecular weight excluding hydrogens is 234 g/mol. The van der Waals surface area contributed by atoms with Crippen molar-refractivity contribution in [2.45, 2.75) is 63.5 Å². The van der Waals surface area contributed by atoms with Crippen LogP contribution >= 0.6 is 0 Å². The first-order valence-electron chi connectivity index (χ1n) is 7.69. The normalized spacial score (nSPS) is 24.3. The van der Waals surface area contributed by atoms with Gasteiger partial charge in [-0.1, -0.05) is 49.6 Å². The van der Waals surface area contributed by atoms with Crippen LogP contribution in [0.3, 0.4) is 0 Å². The summed E-state index contributed by atoms with van der Waals surface area (Å²) in [7, 11) is 0. The fourth-order valence-corrected chi connectivity index (χ4v) is 3.58. The van der Waals surface area contributed by atoms with E-state index in [1.54, 1.807) is 0 Å². The third-order valence-corrected chi connectivity index (χ3v) is 4.67. The van der Waals surface area contributed by atoms with Crippen LogP contribution in [0.15, 0.2) is 30.3 Å². The maximum Gasteiger partial charge on any atom is 0.225 e. The number of rotatable bonds is 4. The lowest BCUT2D eigenvalue weighted by atomic mass is 9.86. The standard InChI is InChI=1S/C17H23NO/c19-17-13-16(12-11-14-7-3-1-4-8-14)18(17)15-9-5-2-6-10-15/h1,3-4,7-8,15-16H,2,5-6,9-13H2/t16-/m1/s1. The Hall–Kier alpha value is -1.31. The van der Waals surface area contributed by atoms with Crippen LogP contribution in [0, 0.1) is 0 Å². The third-order valence-electron chi connectivity index (χ3n) is 4.67. The van der Waals surface area contributed by atoms with Gasteiger partial charge in [-0.3, -0.25) is 4.79 Å². The summed E-state index contributed by atoms with van der Waals surface area (Å²) in [6.45, 7) is 0. The van der Waals surface area contributed by atoms with Crippen molar-refractivity contribution < 1.29 is 4.79 Å². The number of β-lactam (4-membered cyclic amide) rings is 1. The molecule has 2 heteroatoms. The molecular formula is C17H23NO. The zero-order valence-corrected chi connectivity index (χ0v) is 11.6. The number of hydrogen-bond donors (Lipinski definition) is 0. The molecule has 2 aliphatic rings. The van der Waals surface area contributed by atoms with Gasteiger partial charge in [-0.2, -0.15) is 0 Å². The van der Waals surface area contributed by atoms with Gasteiger partial charge in [0.2, 0.25) is 5.91 Å². The molecule has 0 N–H and O–H groups in total. The average Bonchev–Trinajstić information content (AvgIpc) is 2.45. The van der Waals surface area contributed by atoms with Crippen molar-refractivity contribution in [3.05, 3.63) is 35.9 Å². The number of hydrogen-bond acceptors (Lipinski definition) is 1. The highest BCUT2D eigenvalue weighted by atomic mass is 16.2. The van der Waals surface area contributed by atoms with E-state index >= 15 is 0 Å². The van der Waals surface area contributed by atoms with Crippen molar-refractivity contribution in [2.24, 2.45) is 0 Å². The summed E-state index contributed by atoms with van der Waals surface area (Å²) in [4.78, 5) is 14.1. The zero-order chi connectivity index (χ0) is 13.1. The SMILES string of the molecule is O=C1C[C@@H](CCc2ccccc2)N1C1CCCCC1. The first-order valence-corrected chi connectivity index (χ1v) is 7.69. The molecule has 1 saturated carbocycles. The van der Waals surface area contributed by atoms with E-state index in [4.69, 9.17) is 0 Å². The number of benzene rings is 1. The minimum Gasteiger partial charge on any atom is -0.336 e. The molecule has 0 aromatic heterocycles. The number of likely N-dealkylation sites (tertiary alicyclic amines) is 1. The molecule has 0 unspecified atom stereocenters. The molecule has 2 fully saturated rings. The van der Waals surface area contributed by atoms with Gasteiger partial charge in [0.05, 0.1) is 0 Å². The fraction of sp³-hybridized carbons (Fsp3) is 0.588. The van der Waals surface area contributed by atoms with Crippen LogP contribution in [0.4, 0.5) is 0 Å². The van der Waals surface area contributed by atoms with E-state index in [9.17, 15) is 4.79 Å². The van der Waals surface area contributed by atoms with Crippen molar-refractivity contribution in [3.8, 4) is 0 Å². The van der Waals surface area contributed by atoms with E-state index in [-0.39, 0.29) is 0 Å². The smallest absolute Gasteiger partial charge is 0.225 e. The highest BCUT2D eigenvalue weighted by Crippen LogP contribution is 2.32. The quantitative estimate of drug-likeness (QED) is 0.755. The molecule has 0 spiro atoms. The van der Waals surface area contributed by atoms with Gasteiger partial charge in [0.25, 0.3) is 0 Å². The van der Waals surface area contributed by atoms with Gasteiger partial charge >= 0.3 is 0 Å². The highest BCUT2D eigenvalue weighted by Gasteiger charge is 2.40. The summed E-state index contributed by atoms with van der Waals surface area (Å²) < 4.78 is 0. The number of nitrogens with zero attached hydrogens (tertiary/aromatic N) is 1. The lowest BCUT2D eigenvalue weighted by Gasteiger charge is -2.47. The average molecular weight is 257 g/mol. The Morgan fingerprint density at radius 3 is 2.47 bits per heavy atom. The Morgan fingerprint density at radius 1 is 1.05 bits per heavy atom. The van der Waals surface area contributed by atoms with E-state index in [1.807, 2.05) is 0 Å². The summed E-state index contributed by atoms with van der Waals surface area (Å²) in [5.74, 6) is 0.393. The second kappa shape index (κ2) is 5.77. The Bertz CT molecular complexity index is 422. The van der Waals surface area contributed by atoms with Crippen molar-refractivity contribution >= 4 is 5.91 Å². The van der Waals surface area contributed by atoms with Crippen molar-refractivity contribution in [2.75, 3.05) is 0 Å². The van der Waals surface area contributed by atoms with Gasteiger partial charge in [0, 0.05) is 18.5 Å². The maximum atomic E-state index is 11.9. The van der Waals surface area contributed by atoms with Crippen molar-refractivity contribution in [3.63, 3.8) is 0 Å². The molecule has 0 radical (unpaired) electrons. The summed E-state index contributed by atoms with van der Waals surface area (Å²) in [6.07, 6.45) is 9.44. The summed E-state index contributed by atoms with van der Waals surface area (Å²) in [5, 5.41) is 0. The second-order valence-electron chi connectivity index (χ2n) is 5.98. The number of amides is 1. The molecule has 1 aromatic carbocycles. The molecule has 19 heavy (non-hydrogen) atoms. The summed E-state index contributed by atoms with van der Waals surface area (Å²) in [5.41, 5.74) is 1.39. The summed E-state index contributed by atoms with van der Waals surface area (Å²) in [6, 6.07) is 11.7. The van der Waals surface area contributed by atoms with Crippen LogP contribution in [0.5, 0.6) is 0 Å². The van der Waals surface area contributed by atoms with E-state index in [0.29, 0.717) is 18.0 Å². The third kappa shape index (κ3) is 2.83. The molecule has 1 heterocycles. The van der Waals surface area contributed by atoms with E-state index < -0.39 is 0 Å². The first-order chi connectivity index (χ1) is 9.34. The van der Waals surface area contributed by atoms with Crippen LogP contribution in [0.2, 0.25) is 0 Å². The Labute approximate surface area is 115 Å². The van der Waals surface area contributed by atoms with Crippen LogP contribution in [0.25, 0.3) is 0 Å². The van der Waals surface area contributed by atoms with Gasteiger partial charge in [0.15, 0.2) is 0 Å². The number of carbonyl (C=O) groups is 1. The van der Waals surface area contributed by atoms with Gasteiger partial charge in [-0.25, -0.2) is 0 Å². The molecule has 1 aromatic rings. The predicted molar refractivity (Wildman–Crippen MR) is 76.9 cm³/mol. The lowest BCUT2D eigenvalue weighted by molar-refractivity contribution is -0.151. The molecule has 3 rings (SSSR count). The first kappa shape index (κ1) is 12.7. The minimum absolute atomic E-state index is 0.393. The Balaban J connectivity index is 1.54. The van der Waals surface area contributed by atoms with Gasteiger partial charge in [0.1, 0.15) is 0 Å². The van der Waals surface area contributed by atoms with Crippen LogP contribution < -0.4 is 0 Å². The zero-order valence-electron chi connectivity index (χ0n) is 11.6. The Kier molecular flexibility index (Phi) is 3.86. The second-order valence-corrected chi connectivity index (χ2v) is 5.98. The topological polar surface area (TPSA) is 20.3 Å². The minimum atomic E-state index is 0.393. The van der Waals surface area contributed by atoms with Crippen LogP contribution in [-0.2, 0) is 11.2 Å². The lowest BCUT2D eigenvalue weighted by Crippen LogP contribution is -2.57. The monoisotopic (exact) mass is 257 g/mol. The van der Waals surface area contributed by atoms with Gasteiger partial charge in [-0.15, -0.1) is 0 Å². The Morgan fingerprint density at radius 2 is 1.79 bits per heavy atom. The van der Waals surface area contributed by atoms with Gasteiger partial charge in [-0.05, 0) is 31.2 Å². The molecule has 1 amide bonds. The number of carbonyl (C=O) groups excluding carboxylic acids is 1. The predicted octanol–water partition coefficient (Wildman–Crippen LogP) is 3.55. The highest BCUT2D eigenvalue weighted by molar-refractivity contribution is 5.83. The van der Waals surface area contributed by atoms with Crippen LogP contribution in [0.1, 0.15) is 50.5 Å². The molecule has 1 saturated heterocycles. The van der Waals surface area contributed by atoms with Crippen molar-refractivity contribution in [1.82, 2.24) is 4.90 Å². The summed E-state index contributed by atoms with van der Waals surface area (Å²) >= 11 is 0. The van der Waals surface area contributed by atoms with E-state index in [0.717, 1.165) is 19.3 Å². The van der Waals surface area contributed by atoms with Gasteiger partial charge < -0.3 is 4.90 Å². The van der Waals surface area contributed by atoms with Crippen LogP contribution in [-0.4, -0.2) is 22.9 Å². The molecule has 1 aliphatic heterocycles.